The van der Waals surface area contributed by atoms with Crippen molar-refractivity contribution in [2.24, 2.45) is 0 Å². The minimum atomic E-state index is 0.415. The molecule has 4 aromatic rings. The molecule has 0 amide bonds. The Hall–Kier alpha value is -2.95. The molecule has 0 unspecified atom stereocenters. The molecule has 0 radical (unpaired) electrons. The third kappa shape index (κ3) is 2.58. The predicted molar refractivity (Wildman–Crippen MR) is 94.0 cm³/mol. The molecule has 0 aliphatic carbocycles. The number of fused-ring (bicyclic) bond motifs is 1. The molecule has 4 rings (SSSR count). The Morgan fingerprint density at radius 1 is 1.25 bits per heavy atom. The zero-order valence-electron chi connectivity index (χ0n) is 12.1. The zero-order valence-corrected chi connectivity index (χ0v) is 13.7. The summed E-state index contributed by atoms with van der Waals surface area (Å²) in [5, 5.41) is 18.1. The normalized spacial score (nSPS) is 10.7. The van der Waals surface area contributed by atoms with Crippen LogP contribution in [0.3, 0.4) is 0 Å². The molecule has 0 fully saturated rings. The van der Waals surface area contributed by atoms with Gasteiger partial charge in [0, 0.05) is 11.2 Å². The lowest BCUT2D eigenvalue weighted by Crippen LogP contribution is -2.04. The van der Waals surface area contributed by atoms with Gasteiger partial charge in [-0.1, -0.05) is 29.0 Å². The smallest absolute Gasteiger partial charge is 0.189 e. The monoisotopic (exact) mass is 352 g/mol. The molecule has 0 saturated heterocycles. The van der Waals surface area contributed by atoms with Gasteiger partial charge in [-0.2, -0.15) is 15.0 Å². The Balaban J connectivity index is 1.78. The highest BCUT2D eigenvalue weighted by molar-refractivity contribution is 7.22. The van der Waals surface area contributed by atoms with Crippen molar-refractivity contribution in [1.29, 1.82) is 5.26 Å². The molecule has 1 aromatic carbocycles. The Bertz CT molecular complexity index is 1060. The number of nitriles is 1. The van der Waals surface area contributed by atoms with Gasteiger partial charge in [-0.3, -0.25) is 0 Å². The van der Waals surface area contributed by atoms with E-state index < -0.39 is 0 Å². The van der Waals surface area contributed by atoms with E-state index in [0.717, 1.165) is 10.2 Å². The topological polar surface area (TPSA) is 79.4 Å². The fourth-order valence-electron chi connectivity index (χ4n) is 2.26. The number of pyridine rings is 1. The van der Waals surface area contributed by atoms with Crippen LogP contribution in [0.2, 0.25) is 5.02 Å². The molecule has 0 saturated carbocycles. The van der Waals surface area contributed by atoms with E-state index in [2.05, 4.69) is 26.5 Å². The first-order valence-electron chi connectivity index (χ1n) is 6.97. The molecule has 0 bridgehead atoms. The molecule has 0 aliphatic rings. The number of benzene rings is 1. The van der Waals surface area contributed by atoms with Gasteiger partial charge in [-0.25, -0.2) is 9.97 Å². The average Bonchev–Trinajstić information content (AvgIpc) is 3.18. The van der Waals surface area contributed by atoms with Crippen molar-refractivity contribution < 1.29 is 0 Å². The largest absolute Gasteiger partial charge is 0.315 e. The number of nitrogens with zero attached hydrogens (tertiary/aromatic N) is 5. The first kappa shape index (κ1) is 14.6. The Morgan fingerprint density at radius 2 is 2.17 bits per heavy atom. The number of hydrogen-bond acceptors (Lipinski definition) is 6. The van der Waals surface area contributed by atoms with Gasteiger partial charge >= 0.3 is 0 Å². The van der Waals surface area contributed by atoms with Gasteiger partial charge < -0.3 is 5.32 Å². The number of anilines is 2. The summed E-state index contributed by atoms with van der Waals surface area (Å²) in [4.78, 5) is 8.79. The van der Waals surface area contributed by atoms with Crippen molar-refractivity contribution in [1.82, 2.24) is 19.7 Å². The van der Waals surface area contributed by atoms with E-state index >= 15 is 0 Å². The molecule has 24 heavy (non-hydrogen) atoms. The van der Waals surface area contributed by atoms with Crippen molar-refractivity contribution >= 4 is 44.1 Å². The van der Waals surface area contributed by atoms with Crippen molar-refractivity contribution in [3.05, 3.63) is 59.4 Å². The van der Waals surface area contributed by atoms with Crippen LogP contribution in [-0.4, -0.2) is 19.7 Å². The first-order chi connectivity index (χ1) is 11.7. The molecule has 0 spiro atoms. The van der Waals surface area contributed by atoms with Crippen LogP contribution in [0, 0.1) is 11.3 Å². The molecule has 6 nitrogen and oxygen atoms in total. The van der Waals surface area contributed by atoms with Crippen LogP contribution < -0.4 is 5.32 Å². The number of rotatable bonds is 3. The van der Waals surface area contributed by atoms with Crippen LogP contribution in [0.25, 0.3) is 16.0 Å². The molecular weight excluding hydrogens is 344 g/mol. The highest BCUT2D eigenvalue weighted by Gasteiger charge is 2.15. The standard InChI is InChI=1S/C16H9ClN6S/c17-11-4-5-12-13(7-11)24-16(21-12)22-15-10(8-18)9-20-23(15)14-3-1-2-6-19-14/h1-7,9H,(H,21,22). The van der Waals surface area contributed by atoms with Crippen LogP contribution in [0.1, 0.15) is 5.56 Å². The molecule has 0 aliphatic heterocycles. The van der Waals surface area contributed by atoms with E-state index in [4.69, 9.17) is 11.6 Å². The van der Waals surface area contributed by atoms with Gasteiger partial charge in [0.2, 0.25) is 0 Å². The lowest BCUT2D eigenvalue weighted by atomic mass is 10.3. The molecule has 116 valence electrons. The zero-order chi connectivity index (χ0) is 16.5. The number of halogens is 1. The molecular formula is C16H9ClN6S. The SMILES string of the molecule is N#Cc1cnn(-c2ccccn2)c1Nc1nc2ccc(Cl)cc2s1. The van der Waals surface area contributed by atoms with E-state index in [0.29, 0.717) is 27.4 Å². The quantitative estimate of drug-likeness (QED) is 0.599. The van der Waals surface area contributed by atoms with Gasteiger partial charge in [0.25, 0.3) is 0 Å². The van der Waals surface area contributed by atoms with Crippen LogP contribution in [0.4, 0.5) is 10.9 Å². The maximum atomic E-state index is 9.33. The average molecular weight is 353 g/mol. The van der Waals surface area contributed by atoms with Crippen molar-refractivity contribution in [2.75, 3.05) is 5.32 Å². The number of aromatic nitrogens is 4. The summed E-state index contributed by atoms with van der Waals surface area (Å²) < 4.78 is 2.55. The van der Waals surface area contributed by atoms with Gasteiger partial charge in [-0.05, 0) is 30.3 Å². The molecule has 8 heteroatoms. The Morgan fingerprint density at radius 3 is 2.96 bits per heavy atom. The predicted octanol–water partition coefficient (Wildman–Crippen LogP) is 4.15. The van der Waals surface area contributed by atoms with E-state index in [-0.39, 0.29) is 0 Å². The summed E-state index contributed by atoms with van der Waals surface area (Å²) in [6.45, 7) is 0. The summed E-state index contributed by atoms with van der Waals surface area (Å²) >= 11 is 7.47. The summed E-state index contributed by atoms with van der Waals surface area (Å²) in [5.41, 5.74) is 1.26. The van der Waals surface area contributed by atoms with Crippen molar-refractivity contribution in [3.8, 4) is 11.9 Å². The second-order valence-electron chi connectivity index (χ2n) is 4.87. The van der Waals surface area contributed by atoms with E-state index in [9.17, 15) is 5.26 Å². The fraction of sp³-hybridized carbons (Fsp3) is 0. The summed E-state index contributed by atoms with van der Waals surface area (Å²) in [6.07, 6.45) is 3.17. The highest BCUT2D eigenvalue weighted by atomic mass is 35.5. The molecule has 0 atom stereocenters. The van der Waals surface area contributed by atoms with Crippen molar-refractivity contribution in [2.45, 2.75) is 0 Å². The van der Waals surface area contributed by atoms with Crippen molar-refractivity contribution in [3.63, 3.8) is 0 Å². The third-order valence-electron chi connectivity index (χ3n) is 3.33. The highest BCUT2D eigenvalue weighted by Crippen LogP contribution is 2.31. The lowest BCUT2D eigenvalue weighted by Gasteiger charge is -2.07. The van der Waals surface area contributed by atoms with Crippen LogP contribution >= 0.6 is 22.9 Å². The molecule has 1 N–H and O–H groups in total. The maximum absolute atomic E-state index is 9.33. The lowest BCUT2D eigenvalue weighted by molar-refractivity contribution is 0.854. The van der Waals surface area contributed by atoms with Gasteiger partial charge in [0.15, 0.2) is 16.8 Å². The number of hydrogen-bond donors (Lipinski definition) is 1. The van der Waals surface area contributed by atoms with Crippen LogP contribution in [-0.2, 0) is 0 Å². The van der Waals surface area contributed by atoms with E-state index in [1.165, 1.54) is 17.5 Å². The second-order valence-corrected chi connectivity index (χ2v) is 6.34. The third-order valence-corrected chi connectivity index (χ3v) is 4.50. The minimum Gasteiger partial charge on any atom is -0.315 e. The summed E-state index contributed by atoms with van der Waals surface area (Å²) in [5.74, 6) is 1.15. The van der Waals surface area contributed by atoms with E-state index in [1.54, 1.807) is 16.9 Å². The summed E-state index contributed by atoms with van der Waals surface area (Å²) in [6, 6.07) is 13.2. The van der Waals surface area contributed by atoms with Gasteiger partial charge in [0.1, 0.15) is 11.6 Å². The van der Waals surface area contributed by atoms with Gasteiger partial charge in [0.05, 0.1) is 16.4 Å². The van der Waals surface area contributed by atoms with E-state index in [1.807, 2.05) is 30.3 Å². The molecule has 3 heterocycles. The fourth-order valence-corrected chi connectivity index (χ4v) is 3.40. The Labute approximate surface area is 146 Å². The second kappa shape index (κ2) is 5.92. The van der Waals surface area contributed by atoms with Crippen LogP contribution in [0.15, 0.2) is 48.8 Å². The minimum absolute atomic E-state index is 0.415. The molecule has 3 aromatic heterocycles. The number of thiazole rings is 1. The number of nitrogens with one attached hydrogen (secondary N) is 1. The van der Waals surface area contributed by atoms with Crippen LogP contribution in [0.5, 0.6) is 0 Å². The first-order valence-corrected chi connectivity index (χ1v) is 8.17. The maximum Gasteiger partial charge on any atom is 0.189 e. The van der Waals surface area contributed by atoms with Gasteiger partial charge in [-0.15, -0.1) is 0 Å². The summed E-state index contributed by atoms with van der Waals surface area (Å²) in [7, 11) is 0. The Kier molecular flexibility index (Phi) is 3.61.